The van der Waals surface area contributed by atoms with Crippen LogP contribution in [0.25, 0.3) is 16.8 Å². The van der Waals surface area contributed by atoms with Gasteiger partial charge < -0.3 is 4.74 Å². The number of aryl methyl sites for hydroxylation is 2. The lowest BCUT2D eigenvalue weighted by Crippen LogP contribution is -2.27. The summed E-state index contributed by atoms with van der Waals surface area (Å²) in [6.45, 7) is 4.53. The van der Waals surface area contributed by atoms with Gasteiger partial charge in [0.25, 0.3) is 5.91 Å². The predicted octanol–water partition coefficient (Wildman–Crippen LogP) is 7.44. The molecule has 0 spiro atoms. The van der Waals surface area contributed by atoms with Crippen molar-refractivity contribution in [3.05, 3.63) is 112 Å². The van der Waals surface area contributed by atoms with Gasteiger partial charge in [-0.1, -0.05) is 90.7 Å². The molecule has 0 unspecified atom stereocenters. The molecule has 0 radical (unpaired) electrons. The third kappa shape index (κ3) is 4.37. The van der Waals surface area contributed by atoms with E-state index in [1.807, 2.05) is 73.7 Å². The maximum absolute atomic E-state index is 13.3. The van der Waals surface area contributed by atoms with E-state index in [0.29, 0.717) is 15.8 Å². The van der Waals surface area contributed by atoms with Gasteiger partial charge in [-0.3, -0.25) is 9.69 Å². The topological polar surface area (TPSA) is 29.5 Å². The first-order valence-corrected chi connectivity index (χ1v) is 12.3. The second kappa shape index (κ2) is 9.45. The fourth-order valence-corrected chi connectivity index (χ4v) is 5.29. The lowest BCUT2D eigenvalue weighted by Gasteiger charge is -2.16. The van der Waals surface area contributed by atoms with Gasteiger partial charge in [0.2, 0.25) is 0 Å². The highest BCUT2D eigenvalue weighted by Gasteiger charge is 2.33. The second-order valence-corrected chi connectivity index (χ2v) is 9.93. The number of hydrogen-bond donors (Lipinski definition) is 0. The summed E-state index contributed by atoms with van der Waals surface area (Å²) in [6.07, 6.45) is 1.87. The molecular formula is C29H23NO2S2. The SMILES string of the molecule is Cc1ccc(N2C(=O)/C(=C/c3ccccc3OCc3cccc4ccccc34)SC2=S)cc1C. The normalized spacial score (nSPS) is 14.9. The van der Waals surface area contributed by atoms with Crippen molar-refractivity contribution >= 4 is 56.7 Å². The second-order valence-electron chi connectivity index (χ2n) is 8.25. The molecule has 1 fully saturated rings. The Bertz CT molecular complexity index is 1450. The summed E-state index contributed by atoms with van der Waals surface area (Å²) in [7, 11) is 0. The Labute approximate surface area is 209 Å². The van der Waals surface area contributed by atoms with E-state index >= 15 is 0 Å². The van der Waals surface area contributed by atoms with Gasteiger partial charge in [-0.05, 0) is 65.6 Å². The number of fused-ring (bicyclic) bond motifs is 1. The van der Waals surface area contributed by atoms with Gasteiger partial charge in [0.05, 0.1) is 10.6 Å². The van der Waals surface area contributed by atoms with Crippen LogP contribution in [0.3, 0.4) is 0 Å². The number of carbonyl (C=O) groups excluding carboxylic acids is 1. The molecule has 1 heterocycles. The summed E-state index contributed by atoms with van der Waals surface area (Å²) in [5.74, 6) is 0.619. The zero-order chi connectivity index (χ0) is 23.7. The fourth-order valence-electron chi connectivity index (χ4n) is 4.00. The number of amides is 1. The summed E-state index contributed by atoms with van der Waals surface area (Å²) in [5.41, 5.74) is 5.08. The summed E-state index contributed by atoms with van der Waals surface area (Å²) in [5, 5.41) is 2.36. The molecule has 0 aliphatic carbocycles. The van der Waals surface area contributed by atoms with Crippen LogP contribution in [0.5, 0.6) is 5.75 Å². The third-order valence-corrected chi connectivity index (χ3v) is 7.31. The zero-order valence-electron chi connectivity index (χ0n) is 18.9. The van der Waals surface area contributed by atoms with E-state index < -0.39 is 0 Å². The van der Waals surface area contributed by atoms with Crippen molar-refractivity contribution in [1.29, 1.82) is 0 Å². The van der Waals surface area contributed by atoms with Gasteiger partial charge in [0.1, 0.15) is 12.4 Å². The number of ether oxygens (including phenoxy) is 1. The Morgan fingerprint density at radius 2 is 1.68 bits per heavy atom. The Morgan fingerprint density at radius 1 is 0.912 bits per heavy atom. The lowest BCUT2D eigenvalue weighted by molar-refractivity contribution is -0.113. The lowest BCUT2D eigenvalue weighted by atomic mass is 10.1. The third-order valence-electron chi connectivity index (χ3n) is 6.01. The van der Waals surface area contributed by atoms with Crippen molar-refractivity contribution in [1.82, 2.24) is 0 Å². The Morgan fingerprint density at radius 3 is 2.53 bits per heavy atom. The smallest absolute Gasteiger partial charge is 0.270 e. The first-order chi connectivity index (χ1) is 16.5. The quantitative estimate of drug-likeness (QED) is 0.219. The maximum Gasteiger partial charge on any atom is 0.270 e. The van der Waals surface area contributed by atoms with Crippen LogP contribution in [-0.4, -0.2) is 10.2 Å². The molecular weight excluding hydrogens is 458 g/mol. The molecule has 168 valence electrons. The molecule has 1 aliphatic rings. The van der Waals surface area contributed by atoms with Crippen LogP contribution in [0.2, 0.25) is 0 Å². The molecule has 0 aromatic heterocycles. The largest absolute Gasteiger partial charge is 0.488 e. The molecule has 5 heteroatoms. The molecule has 4 aromatic carbocycles. The van der Waals surface area contributed by atoms with Gasteiger partial charge >= 0.3 is 0 Å². The Balaban J connectivity index is 1.41. The maximum atomic E-state index is 13.3. The van der Waals surface area contributed by atoms with Crippen LogP contribution in [0.4, 0.5) is 5.69 Å². The number of thiocarbonyl (C=S) groups is 1. The van der Waals surface area contributed by atoms with E-state index in [9.17, 15) is 4.79 Å². The summed E-state index contributed by atoms with van der Waals surface area (Å²) >= 11 is 6.88. The first kappa shape index (κ1) is 22.4. The monoisotopic (exact) mass is 481 g/mol. The standard InChI is InChI=1S/C29H23NO2S2/c1-19-14-15-24(16-20(19)2)30-28(31)27(34-29(30)33)17-22-9-4-6-13-26(22)32-18-23-11-7-10-21-8-3-5-12-25(21)23/h3-17H,18H2,1-2H3/b27-17-. The van der Waals surface area contributed by atoms with Gasteiger partial charge in [-0.25, -0.2) is 0 Å². The van der Waals surface area contributed by atoms with Crippen molar-refractivity contribution < 1.29 is 9.53 Å². The number of rotatable bonds is 5. The van der Waals surface area contributed by atoms with E-state index in [1.54, 1.807) is 4.90 Å². The molecule has 3 nitrogen and oxygen atoms in total. The average molecular weight is 482 g/mol. The molecule has 0 atom stereocenters. The summed E-state index contributed by atoms with van der Waals surface area (Å²) in [6, 6.07) is 28.3. The van der Waals surface area contributed by atoms with Crippen LogP contribution < -0.4 is 9.64 Å². The summed E-state index contributed by atoms with van der Waals surface area (Å²) in [4.78, 5) is 15.5. The number of para-hydroxylation sites is 1. The predicted molar refractivity (Wildman–Crippen MR) is 146 cm³/mol. The van der Waals surface area contributed by atoms with E-state index in [2.05, 4.69) is 31.2 Å². The average Bonchev–Trinajstić information content (AvgIpc) is 3.13. The Kier molecular flexibility index (Phi) is 6.22. The van der Waals surface area contributed by atoms with Crippen LogP contribution in [0.15, 0.2) is 89.8 Å². The molecule has 0 bridgehead atoms. The van der Waals surface area contributed by atoms with Crippen LogP contribution >= 0.6 is 24.0 Å². The first-order valence-electron chi connectivity index (χ1n) is 11.0. The summed E-state index contributed by atoms with van der Waals surface area (Å²) < 4.78 is 6.77. The fraction of sp³-hybridized carbons (Fsp3) is 0.103. The highest BCUT2D eigenvalue weighted by Crippen LogP contribution is 2.37. The molecule has 1 amide bonds. The minimum absolute atomic E-state index is 0.109. The van der Waals surface area contributed by atoms with Crippen molar-refractivity contribution in [2.45, 2.75) is 20.5 Å². The van der Waals surface area contributed by atoms with Gasteiger partial charge in [0.15, 0.2) is 4.32 Å². The van der Waals surface area contributed by atoms with Gasteiger partial charge in [-0.15, -0.1) is 0 Å². The molecule has 0 N–H and O–H groups in total. The van der Waals surface area contributed by atoms with Gasteiger partial charge in [0, 0.05) is 5.56 Å². The number of benzene rings is 4. The number of anilines is 1. The van der Waals surface area contributed by atoms with E-state index in [4.69, 9.17) is 17.0 Å². The van der Waals surface area contributed by atoms with E-state index in [0.717, 1.165) is 28.1 Å². The van der Waals surface area contributed by atoms with Crippen LogP contribution in [0.1, 0.15) is 22.3 Å². The molecule has 4 aromatic rings. The van der Waals surface area contributed by atoms with Crippen molar-refractivity contribution in [2.75, 3.05) is 4.90 Å². The van der Waals surface area contributed by atoms with Crippen molar-refractivity contribution in [2.24, 2.45) is 0 Å². The Hall–Kier alpha value is -3.41. The van der Waals surface area contributed by atoms with Gasteiger partial charge in [-0.2, -0.15) is 0 Å². The molecule has 1 saturated heterocycles. The number of carbonyl (C=O) groups is 1. The van der Waals surface area contributed by atoms with Crippen molar-refractivity contribution in [3.63, 3.8) is 0 Å². The minimum Gasteiger partial charge on any atom is -0.488 e. The minimum atomic E-state index is -0.109. The number of hydrogen-bond acceptors (Lipinski definition) is 4. The number of thioether (sulfide) groups is 1. The number of nitrogens with zero attached hydrogens (tertiary/aromatic N) is 1. The van der Waals surface area contributed by atoms with E-state index in [-0.39, 0.29) is 5.91 Å². The molecule has 1 aliphatic heterocycles. The highest BCUT2D eigenvalue weighted by atomic mass is 32.2. The molecule has 0 saturated carbocycles. The van der Waals surface area contributed by atoms with Crippen LogP contribution in [-0.2, 0) is 11.4 Å². The molecule has 5 rings (SSSR count). The van der Waals surface area contributed by atoms with E-state index in [1.165, 1.54) is 28.1 Å². The zero-order valence-corrected chi connectivity index (χ0v) is 20.6. The van der Waals surface area contributed by atoms with Crippen LogP contribution in [0, 0.1) is 13.8 Å². The van der Waals surface area contributed by atoms with Crippen molar-refractivity contribution in [3.8, 4) is 5.75 Å². The molecule has 34 heavy (non-hydrogen) atoms. The highest BCUT2D eigenvalue weighted by molar-refractivity contribution is 8.27.